The van der Waals surface area contributed by atoms with Crippen LogP contribution < -0.4 is 11.1 Å². The fourth-order valence-corrected chi connectivity index (χ4v) is 1.69. The highest BCUT2D eigenvalue weighted by Gasteiger charge is 2.29. The van der Waals surface area contributed by atoms with Gasteiger partial charge in [0.25, 0.3) is 0 Å². The highest BCUT2D eigenvalue weighted by molar-refractivity contribution is 5.66. The average Bonchev–Trinajstić information content (AvgIpc) is 3.02. The monoisotopic (exact) mass is 206 g/mol. The minimum absolute atomic E-state index is 0.232. The highest BCUT2D eigenvalue weighted by atomic mass is 16.3. The smallest absolute Gasteiger partial charge is 0.0740 e. The number of nitrogens with one attached hydrogen (secondary N) is 1. The molecule has 0 bridgehead atoms. The zero-order valence-electron chi connectivity index (χ0n) is 9.03. The maximum atomic E-state index is 9.71. The molecule has 82 valence electrons. The van der Waals surface area contributed by atoms with Crippen molar-refractivity contribution in [3.63, 3.8) is 0 Å². The van der Waals surface area contributed by atoms with Crippen molar-refractivity contribution in [1.29, 1.82) is 0 Å². The number of rotatable bonds is 4. The van der Waals surface area contributed by atoms with E-state index in [2.05, 4.69) is 5.32 Å². The third kappa shape index (κ3) is 2.63. The first-order chi connectivity index (χ1) is 7.16. The Kier molecular flexibility index (Phi) is 2.82. The quantitative estimate of drug-likeness (QED) is 0.658. The van der Waals surface area contributed by atoms with Gasteiger partial charge in [-0.1, -0.05) is 6.07 Å². The molecular weight excluding hydrogens is 188 g/mol. The van der Waals surface area contributed by atoms with Crippen molar-refractivity contribution in [3.05, 3.63) is 23.8 Å². The van der Waals surface area contributed by atoms with Crippen molar-refractivity contribution in [2.75, 3.05) is 17.6 Å². The second-order valence-corrected chi connectivity index (χ2v) is 4.38. The molecule has 1 unspecified atom stereocenters. The minimum Gasteiger partial charge on any atom is -0.397 e. The predicted molar refractivity (Wildman–Crippen MR) is 62.8 cm³/mol. The first-order valence-electron chi connectivity index (χ1n) is 5.45. The molecule has 1 aromatic rings. The predicted octanol–water partition coefficient (Wildman–Crippen LogP) is 1.76. The van der Waals surface area contributed by atoms with Crippen LogP contribution in [0.2, 0.25) is 0 Å². The summed E-state index contributed by atoms with van der Waals surface area (Å²) in [5.41, 5.74) is 8.66. The zero-order chi connectivity index (χ0) is 10.8. The first kappa shape index (κ1) is 10.3. The van der Waals surface area contributed by atoms with E-state index in [9.17, 15) is 5.11 Å². The van der Waals surface area contributed by atoms with Crippen LogP contribution in [0.15, 0.2) is 18.2 Å². The number of nitrogen functional groups attached to an aromatic ring is 1. The molecule has 0 heterocycles. The van der Waals surface area contributed by atoms with Crippen molar-refractivity contribution in [1.82, 2.24) is 0 Å². The molecule has 1 aromatic carbocycles. The Labute approximate surface area is 90.3 Å². The first-order valence-corrected chi connectivity index (χ1v) is 5.45. The van der Waals surface area contributed by atoms with E-state index >= 15 is 0 Å². The lowest BCUT2D eigenvalue weighted by atomic mass is 10.2. The highest BCUT2D eigenvalue weighted by Crippen LogP contribution is 2.32. The fourth-order valence-electron chi connectivity index (χ4n) is 1.69. The van der Waals surface area contributed by atoms with Crippen LogP contribution in [0.4, 0.5) is 11.4 Å². The summed E-state index contributed by atoms with van der Waals surface area (Å²) in [6.45, 7) is 2.63. The molecule has 0 aliphatic heterocycles. The lowest BCUT2D eigenvalue weighted by molar-refractivity contribution is 0.164. The molecule has 1 atom stereocenters. The van der Waals surface area contributed by atoms with Gasteiger partial charge in [-0.05, 0) is 43.4 Å². The molecule has 0 amide bonds. The summed E-state index contributed by atoms with van der Waals surface area (Å²) in [6.07, 6.45) is 2.09. The lowest BCUT2D eigenvalue weighted by Crippen LogP contribution is -2.21. The van der Waals surface area contributed by atoms with Crippen molar-refractivity contribution in [2.24, 2.45) is 5.92 Å². The molecule has 3 nitrogen and oxygen atoms in total. The van der Waals surface area contributed by atoms with Crippen LogP contribution in [-0.2, 0) is 0 Å². The summed E-state index contributed by atoms with van der Waals surface area (Å²) in [4.78, 5) is 0. The standard InChI is InChI=1S/C12H18N2O/c1-8-2-5-10(13)11(6-8)14-7-12(15)9-3-4-9/h2,5-6,9,12,14-15H,3-4,7,13H2,1H3. The second-order valence-electron chi connectivity index (χ2n) is 4.38. The van der Waals surface area contributed by atoms with E-state index in [0.29, 0.717) is 12.5 Å². The number of benzene rings is 1. The third-order valence-electron chi connectivity index (χ3n) is 2.88. The van der Waals surface area contributed by atoms with Crippen LogP contribution in [0.3, 0.4) is 0 Å². The number of aryl methyl sites for hydroxylation is 1. The SMILES string of the molecule is Cc1ccc(N)c(NCC(O)C2CC2)c1. The van der Waals surface area contributed by atoms with Gasteiger partial charge in [-0.25, -0.2) is 0 Å². The fraction of sp³-hybridized carbons (Fsp3) is 0.500. The summed E-state index contributed by atoms with van der Waals surface area (Å²) in [6, 6.07) is 5.88. The summed E-state index contributed by atoms with van der Waals surface area (Å²) in [7, 11) is 0. The van der Waals surface area contributed by atoms with E-state index in [1.165, 1.54) is 5.56 Å². The van der Waals surface area contributed by atoms with Crippen LogP contribution in [0.25, 0.3) is 0 Å². The zero-order valence-corrected chi connectivity index (χ0v) is 9.03. The van der Waals surface area contributed by atoms with E-state index in [-0.39, 0.29) is 6.10 Å². The molecule has 3 heteroatoms. The summed E-state index contributed by atoms with van der Waals surface area (Å²) >= 11 is 0. The van der Waals surface area contributed by atoms with Crippen molar-refractivity contribution < 1.29 is 5.11 Å². The average molecular weight is 206 g/mol. The maximum Gasteiger partial charge on any atom is 0.0740 e. The van der Waals surface area contributed by atoms with E-state index in [0.717, 1.165) is 24.2 Å². The largest absolute Gasteiger partial charge is 0.397 e. The molecule has 1 fully saturated rings. The van der Waals surface area contributed by atoms with Crippen molar-refractivity contribution in [2.45, 2.75) is 25.9 Å². The van der Waals surface area contributed by atoms with Gasteiger partial charge in [0.05, 0.1) is 17.5 Å². The van der Waals surface area contributed by atoms with Gasteiger partial charge in [-0.3, -0.25) is 0 Å². The van der Waals surface area contributed by atoms with Crippen LogP contribution >= 0.6 is 0 Å². The van der Waals surface area contributed by atoms with E-state index in [1.54, 1.807) is 0 Å². The molecule has 4 N–H and O–H groups in total. The maximum absolute atomic E-state index is 9.71. The van der Waals surface area contributed by atoms with Gasteiger partial charge in [0.1, 0.15) is 0 Å². The summed E-state index contributed by atoms with van der Waals surface area (Å²) in [5.74, 6) is 0.503. The Balaban J connectivity index is 1.94. The Morgan fingerprint density at radius 3 is 2.93 bits per heavy atom. The Bertz CT molecular complexity index is 347. The molecule has 1 saturated carbocycles. The van der Waals surface area contributed by atoms with E-state index in [4.69, 9.17) is 5.73 Å². The third-order valence-corrected chi connectivity index (χ3v) is 2.88. The minimum atomic E-state index is -0.232. The molecule has 0 spiro atoms. The van der Waals surface area contributed by atoms with Gasteiger partial charge in [0.15, 0.2) is 0 Å². The Morgan fingerprint density at radius 1 is 1.53 bits per heavy atom. The van der Waals surface area contributed by atoms with E-state index in [1.807, 2.05) is 25.1 Å². The number of hydrogen-bond acceptors (Lipinski definition) is 3. The number of aliphatic hydroxyl groups is 1. The van der Waals surface area contributed by atoms with Crippen LogP contribution in [-0.4, -0.2) is 17.8 Å². The van der Waals surface area contributed by atoms with Crippen molar-refractivity contribution in [3.8, 4) is 0 Å². The van der Waals surface area contributed by atoms with Gasteiger partial charge in [0, 0.05) is 6.54 Å². The Morgan fingerprint density at radius 2 is 2.27 bits per heavy atom. The molecule has 0 radical (unpaired) electrons. The Hall–Kier alpha value is -1.22. The number of hydrogen-bond donors (Lipinski definition) is 3. The molecular formula is C12H18N2O. The van der Waals surface area contributed by atoms with Gasteiger partial charge < -0.3 is 16.2 Å². The molecule has 15 heavy (non-hydrogen) atoms. The molecule has 2 rings (SSSR count). The molecule has 1 aliphatic carbocycles. The number of aliphatic hydroxyl groups excluding tert-OH is 1. The van der Waals surface area contributed by atoms with Crippen LogP contribution in [0.1, 0.15) is 18.4 Å². The van der Waals surface area contributed by atoms with E-state index < -0.39 is 0 Å². The summed E-state index contributed by atoms with van der Waals surface area (Å²) < 4.78 is 0. The number of nitrogens with two attached hydrogens (primary N) is 1. The van der Waals surface area contributed by atoms with Crippen LogP contribution in [0.5, 0.6) is 0 Å². The normalized spacial score (nSPS) is 17.5. The lowest BCUT2D eigenvalue weighted by Gasteiger charge is -2.13. The van der Waals surface area contributed by atoms with Gasteiger partial charge in [-0.15, -0.1) is 0 Å². The van der Waals surface area contributed by atoms with Gasteiger partial charge in [0.2, 0.25) is 0 Å². The van der Waals surface area contributed by atoms with Gasteiger partial charge >= 0.3 is 0 Å². The topological polar surface area (TPSA) is 58.3 Å². The molecule has 1 aliphatic rings. The van der Waals surface area contributed by atoms with Crippen LogP contribution in [0, 0.1) is 12.8 Å². The molecule has 0 aromatic heterocycles. The number of anilines is 2. The molecule has 0 saturated heterocycles. The van der Waals surface area contributed by atoms with Gasteiger partial charge in [-0.2, -0.15) is 0 Å². The van der Waals surface area contributed by atoms with Crippen molar-refractivity contribution >= 4 is 11.4 Å². The summed E-state index contributed by atoms with van der Waals surface area (Å²) in [5, 5.41) is 12.9. The second kappa shape index (κ2) is 4.11.